The zero-order valence-corrected chi connectivity index (χ0v) is 5.94. The summed E-state index contributed by atoms with van der Waals surface area (Å²) in [4.78, 5) is 0. The molecule has 4 heteroatoms. The van der Waals surface area contributed by atoms with Crippen molar-refractivity contribution in [2.24, 2.45) is 0 Å². The lowest BCUT2D eigenvalue weighted by Crippen LogP contribution is -1.89. The highest BCUT2D eigenvalue weighted by molar-refractivity contribution is 6.55. The standard InChI is InChI=1S/C2H7N.CH2ClN.ClH/c1-3-2;2-1-3;/h3H,1-2H3;1,3H;1H. The average molecular weight is 145 g/mol. The van der Waals surface area contributed by atoms with E-state index in [4.69, 9.17) is 5.41 Å². The van der Waals surface area contributed by atoms with Gasteiger partial charge in [0.05, 0.1) is 5.67 Å². The van der Waals surface area contributed by atoms with Gasteiger partial charge in [0.15, 0.2) is 0 Å². The van der Waals surface area contributed by atoms with E-state index in [0.717, 1.165) is 5.67 Å². The molecule has 2 nitrogen and oxygen atoms in total. The largest absolute Gasteiger partial charge is 0.323 e. The maximum absolute atomic E-state index is 5.85. The molecule has 0 aliphatic rings. The molecule has 0 amide bonds. The Kier molecular flexibility index (Phi) is 77.3. The maximum Gasteiger partial charge on any atom is 0.0836 e. The number of rotatable bonds is 0. The number of nitrogens with one attached hydrogen (secondary N) is 2. The predicted molar refractivity (Wildman–Crippen MR) is 36.9 cm³/mol. The van der Waals surface area contributed by atoms with Crippen molar-refractivity contribution in [1.29, 1.82) is 5.41 Å². The second-order valence-corrected chi connectivity index (χ2v) is 0.827. The Bertz CT molecular complexity index is 24.9. The molecule has 0 atom stereocenters. The summed E-state index contributed by atoms with van der Waals surface area (Å²) < 4.78 is 0. The molecular weight excluding hydrogens is 135 g/mol. The molecule has 46 valence electrons. The third kappa shape index (κ3) is 2500. The van der Waals surface area contributed by atoms with Gasteiger partial charge in [0, 0.05) is 0 Å². The van der Waals surface area contributed by atoms with E-state index in [1.165, 1.54) is 0 Å². The van der Waals surface area contributed by atoms with Crippen LogP contribution in [0.25, 0.3) is 0 Å². The molecule has 0 unspecified atom stereocenters. The van der Waals surface area contributed by atoms with Crippen molar-refractivity contribution >= 4 is 29.7 Å². The molecule has 0 aromatic heterocycles. The lowest BCUT2D eigenvalue weighted by molar-refractivity contribution is 1.02. The molecule has 0 bridgehead atoms. The van der Waals surface area contributed by atoms with Gasteiger partial charge in [-0.25, -0.2) is 0 Å². The summed E-state index contributed by atoms with van der Waals surface area (Å²) in [6.07, 6.45) is 0. The van der Waals surface area contributed by atoms with Crippen LogP contribution >= 0.6 is 24.0 Å². The van der Waals surface area contributed by atoms with E-state index < -0.39 is 0 Å². The minimum absolute atomic E-state index is 0. The van der Waals surface area contributed by atoms with Crippen LogP contribution in [0.4, 0.5) is 0 Å². The van der Waals surface area contributed by atoms with Gasteiger partial charge in [0.25, 0.3) is 0 Å². The minimum Gasteiger partial charge on any atom is -0.323 e. The van der Waals surface area contributed by atoms with E-state index in [9.17, 15) is 0 Å². The molecule has 0 rings (SSSR count). The predicted octanol–water partition coefficient (Wildman–Crippen LogP) is 1.09. The van der Waals surface area contributed by atoms with Crippen LogP contribution in [0.3, 0.4) is 0 Å². The fraction of sp³-hybridized carbons (Fsp3) is 0.667. The molecule has 0 fully saturated rings. The fourth-order valence-corrected chi connectivity index (χ4v) is 0. The second kappa shape index (κ2) is 34.5. The molecule has 0 aliphatic heterocycles. The third-order valence-corrected chi connectivity index (χ3v) is 0. The zero-order valence-electron chi connectivity index (χ0n) is 4.36. The van der Waals surface area contributed by atoms with Crippen molar-refractivity contribution in [1.82, 2.24) is 5.32 Å². The van der Waals surface area contributed by atoms with E-state index in [0.29, 0.717) is 0 Å². The van der Waals surface area contributed by atoms with Gasteiger partial charge < -0.3 is 5.32 Å². The first-order valence-electron chi connectivity index (χ1n) is 1.51. The topological polar surface area (TPSA) is 35.9 Å². The van der Waals surface area contributed by atoms with Crippen molar-refractivity contribution in [2.45, 2.75) is 0 Å². The summed E-state index contributed by atoms with van der Waals surface area (Å²) in [6, 6.07) is 0. The first kappa shape index (κ1) is 15.7. The first-order valence-corrected chi connectivity index (χ1v) is 1.94. The fourth-order valence-electron chi connectivity index (χ4n) is 0. The number of hydrogen-bond acceptors (Lipinski definition) is 2. The highest BCUT2D eigenvalue weighted by Crippen LogP contribution is 1.43. The third-order valence-electron chi connectivity index (χ3n) is 0. The summed E-state index contributed by atoms with van der Waals surface area (Å²) in [5.41, 5.74) is 0.722. The van der Waals surface area contributed by atoms with E-state index >= 15 is 0 Å². The van der Waals surface area contributed by atoms with Crippen LogP contribution in [0, 0.1) is 5.41 Å². The Morgan fingerprint density at radius 1 is 1.57 bits per heavy atom. The highest BCUT2D eigenvalue weighted by Gasteiger charge is 1.25. The van der Waals surface area contributed by atoms with Crippen molar-refractivity contribution in [3.8, 4) is 0 Å². The molecule has 0 radical (unpaired) electrons. The molecule has 0 spiro atoms. The summed E-state index contributed by atoms with van der Waals surface area (Å²) in [5, 5.41) is 8.60. The Hall–Kier alpha value is 0.210. The second-order valence-electron chi connectivity index (χ2n) is 0.609. The summed E-state index contributed by atoms with van der Waals surface area (Å²) in [7, 11) is 3.75. The SMILES string of the molecule is CNC.Cl.N=CCl. The van der Waals surface area contributed by atoms with Crippen molar-refractivity contribution < 1.29 is 0 Å². The first-order chi connectivity index (χ1) is 2.83. The van der Waals surface area contributed by atoms with Gasteiger partial charge in [-0.05, 0) is 14.1 Å². The molecule has 0 heterocycles. The van der Waals surface area contributed by atoms with Crippen LogP contribution in [0.15, 0.2) is 0 Å². The Morgan fingerprint density at radius 2 is 1.57 bits per heavy atom. The summed E-state index contributed by atoms with van der Waals surface area (Å²) in [5.74, 6) is 0. The maximum atomic E-state index is 5.85. The van der Waals surface area contributed by atoms with Crippen molar-refractivity contribution in [3.63, 3.8) is 0 Å². The van der Waals surface area contributed by atoms with Gasteiger partial charge in [-0.2, -0.15) is 0 Å². The van der Waals surface area contributed by atoms with Crippen LogP contribution in [0.2, 0.25) is 0 Å². The number of hydrogen-bond donors (Lipinski definition) is 2. The molecule has 0 aromatic carbocycles. The Labute approximate surface area is 55.2 Å². The molecule has 0 aliphatic carbocycles. The lowest BCUT2D eigenvalue weighted by Gasteiger charge is -1.59. The highest BCUT2D eigenvalue weighted by atomic mass is 35.5. The molecule has 0 aromatic rings. The van der Waals surface area contributed by atoms with Crippen molar-refractivity contribution in [2.75, 3.05) is 14.1 Å². The molecule has 7 heavy (non-hydrogen) atoms. The van der Waals surface area contributed by atoms with Gasteiger partial charge in [-0.3, -0.25) is 5.41 Å². The lowest BCUT2D eigenvalue weighted by atomic mass is 11.3. The smallest absolute Gasteiger partial charge is 0.0836 e. The summed E-state index contributed by atoms with van der Waals surface area (Å²) in [6.45, 7) is 0. The van der Waals surface area contributed by atoms with Gasteiger partial charge in [-0.15, -0.1) is 12.4 Å². The van der Waals surface area contributed by atoms with Crippen LogP contribution in [0.1, 0.15) is 0 Å². The molecule has 0 saturated heterocycles. The molecule has 0 saturated carbocycles. The minimum atomic E-state index is 0. The Balaban J connectivity index is -0.0000000400. The van der Waals surface area contributed by atoms with Gasteiger partial charge >= 0.3 is 0 Å². The number of halogens is 2. The van der Waals surface area contributed by atoms with E-state index in [1.54, 1.807) is 0 Å². The normalized spacial score (nSPS) is 4.43. The monoisotopic (exact) mass is 144 g/mol. The quantitative estimate of drug-likeness (QED) is 0.491. The Morgan fingerprint density at radius 3 is 1.57 bits per heavy atom. The van der Waals surface area contributed by atoms with Gasteiger partial charge in [0.1, 0.15) is 0 Å². The van der Waals surface area contributed by atoms with Crippen molar-refractivity contribution in [3.05, 3.63) is 0 Å². The average Bonchev–Trinajstić information content (AvgIpc) is 1.39. The van der Waals surface area contributed by atoms with Crippen LogP contribution in [0.5, 0.6) is 0 Å². The van der Waals surface area contributed by atoms with E-state index in [-0.39, 0.29) is 12.4 Å². The van der Waals surface area contributed by atoms with Gasteiger partial charge in [-0.1, -0.05) is 11.6 Å². The summed E-state index contributed by atoms with van der Waals surface area (Å²) >= 11 is 4.54. The van der Waals surface area contributed by atoms with E-state index in [2.05, 4.69) is 16.9 Å². The van der Waals surface area contributed by atoms with Crippen LogP contribution in [-0.4, -0.2) is 19.8 Å². The van der Waals surface area contributed by atoms with Gasteiger partial charge in [0.2, 0.25) is 0 Å². The van der Waals surface area contributed by atoms with E-state index in [1.807, 2.05) is 14.1 Å². The zero-order chi connectivity index (χ0) is 5.41. The van der Waals surface area contributed by atoms with Crippen LogP contribution in [-0.2, 0) is 0 Å². The molecule has 2 N–H and O–H groups in total. The van der Waals surface area contributed by atoms with Crippen LogP contribution < -0.4 is 5.32 Å². The molecular formula is C3H10Cl2N2.